The van der Waals surface area contributed by atoms with E-state index in [-0.39, 0.29) is 18.4 Å². The first kappa shape index (κ1) is 14.1. The van der Waals surface area contributed by atoms with E-state index in [1.807, 2.05) is 0 Å². The van der Waals surface area contributed by atoms with Gasteiger partial charge in [0, 0.05) is 31.4 Å². The van der Waals surface area contributed by atoms with Crippen LogP contribution in [0.2, 0.25) is 0 Å². The van der Waals surface area contributed by atoms with Gasteiger partial charge in [-0.2, -0.15) is 0 Å². The monoisotopic (exact) mass is 258 g/mol. The molecule has 4 nitrogen and oxygen atoms in total. The van der Waals surface area contributed by atoms with Crippen LogP contribution in [-0.4, -0.2) is 47.4 Å². The molecule has 0 amide bonds. The van der Waals surface area contributed by atoms with E-state index in [2.05, 4.69) is 16.8 Å². The Kier molecular flexibility index (Phi) is 5.55. The summed E-state index contributed by atoms with van der Waals surface area (Å²) in [4.78, 5) is 2.07. The number of hydrogen-bond donors (Lipinski definition) is 3. The molecule has 1 aliphatic rings. The summed E-state index contributed by atoms with van der Waals surface area (Å²) in [7, 11) is 0. The van der Waals surface area contributed by atoms with Gasteiger partial charge in [0.15, 0.2) is 0 Å². The molecule has 1 aliphatic heterocycles. The first-order valence-electron chi connectivity index (χ1n) is 5.56. The van der Waals surface area contributed by atoms with E-state index in [4.69, 9.17) is 21.8 Å². The summed E-state index contributed by atoms with van der Waals surface area (Å²) >= 11 is 5.79. The molecule has 1 rings (SSSR count). The van der Waals surface area contributed by atoms with Crippen LogP contribution in [0.4, 0.5) is 0 Å². The minimum atomic E-state index is 0.0829. The van der Waals surface area contributed by atoms with Gasteiger partial charge in [-0.1, -0.05) is 18.2 Å². The lowest BCUT2D eigenvalue weighted by Gasteiger charge is -2.34. The van der Waals surface area contributed by atoms with Crippen LogP contribution in [0.5, 0.6) is 0 Å². The van der Waals surface area contributed by atoms with E-state index in [1.165, 1.54) is 6.92 Å². The summed E-state index contributed by atoms with van der Waals surface area (Å²) in [6.07, 6.45) is 3.39. The van der Waals surface area contributed by atoms with Crippen LogP contribution in [0.25, 0.3) is 0 Å². The summed E-state index contributed by atoms with van der Waals surface area (Å²) in [6, 6.07) is 0.0829. The predicted octanol–water partition coefficient (Wildman–Crippen LogP) is 1.35. The van der Waals surface area contributed by atoms with Crippen molar-refractivity contribution in [2.24, 2.45) is 0 Å². The molecular weight excluding hydrogens is 240 g/mol. The summed E-state index contributed by atoms with van der Waals surface area (Å²) in [6.45, 7) is 7.98. The third-order valence-corrected chi connectivity index (χ3v) is 3.05. The molecule has 0 radical (unpaired) electrons. The van der Waals surface area contributed by atoms with Gasteiger partial charge in [0.1, 0.15) is 5.76 Å². The Labute approximate surface area is 107 Å². The Morgan fingerprint density at radius 3 is 2.88 bits per heavy atom. The third-order valence-electron chi connectivity index (χ3n) is 2.65. The molecule has 0 aliphatic carbocycles. The van der Waals surface area contributed by atoms with E-state index in [9.17, 15) is 0 Å². The fourth-order valence-electron chi connectivity index (χ4n) is 1.60. The number of allylic oxidation sites excluding steroid dienone is 4. The molecule has 0 aromatic heterocycles. The highest BCUT2D eigenvalue weighted by Crippen LogP contribution is 2.12. The highest BCUT2D eigenvalue weighted by Gasteiger charge is 2.18. The Bertz CT molecular complexity index is 335. The van der Waals surface area contributed by atoms with Crippen LogP contribution in [0.15, 0.2) is 35.2 Å². The zero-order valence-corrected chi connectivity index (χ0v) is 10.7. The molecule has 0 spiro atoms. The highest BCUT2D eigenvalue weighted by atomic mass is 35.5. The number of nitrogens with zero attached hydrogens (tertiary/aromatic N) is 1. The van der Waals surface area contributed by atoms with Gasteiger partial charge in [-0.25, -0.2) is 0 Å². The van der Waals surface area contributed by atoms with Gasteiger partial charge >= 0.3 is 0 Å². The van der Waals surface area contributed by atoms with Crippen LogP contribution >= 0.6 is 11.6 Å². The lowest BCUT2D eigenvalue weighted by molar-refractivity contribution is 0.175. The van der Waals surface area contributed by atoms with Crippen LogP contribution in [0, 0.1) is 0 Å². The van der Waals surface area contributed by atoms with Gasteiger partial charge in [-0.15, -0.1) is 0 Å². The second-order valence-corrected chi connectivity index (χ2v) is 4.44. The molecule has 0 bridgehead atoms. The van der Waals surface area contributed by atoms with Crippen LogP contribution in [-0.2, 0) is 0 Å². The minimum absolute atomic E-state index is 0.0829. The molecule has 0 aromatic rings. The highest BCUT2D eigenvalue weighted by molar-refractivity contribution is 6.31. The van der Waals surface area contributed by atoms with Gasteiger partial charge in [0.2, 0.25) is 0 Å². The quantitative estimate of drug-likeness (QED) is 0.526. The molecular formula is C12H19ClN2O2. The number of halogens is 1. The molecule has 1 unspecified atom stereocenters. The lowest BCUT2D eigenvalue weighted by Crippen LogP contribution is -2.51. The number of aliphatic hydroxyl groups excluding tert-OH is 2. The molecule has 5 heteroatoms. The predicted molar refractivity (Wildman–Crippen MR) is 69.9 cm³/mol. The molecule has 1 fully saturated rings. The largest absolute Gasteiger partial charge is 0.511 e. The average molecular weight is 259 g/mol. The van der Waals surface area contributed by atoms with Crippen molar-refractivity contribution < 1.29 is 10.2 Å². The van der Waals surface area contributed by atoms with Crippen molar-refractivity contribution in [3.05, 3.63) is 35.2 Å². The Morgan fingerprint density at radius 2 is 2.29 bits per heavy atom. The third kappa shape index (κ3) is 4.42. The second kappa shape index (κ2) is 6.69. The number of nitrogens with one attached hydrogen (secondary N) is 1. The van der Waals surface area contributed by atoms with Crippen molar-refractivity contribution in [2.45, 2.75) is 13.0 Å². The number of rotatable bonds is 4. The molecule has 1 saturated heterocycles. The van der Waals surface area contributed by atoms with Crippen molar-refractivity contribution in [3.8, 4) is 0 Å². The molecule has 1 atom stereocenters. The van der Waals surface area contributed by atoms with Crippen molar-refractivity contribution in [3.63, 3.8) is 0 Å². The van der Waals surface area contributed by atoms with E-state index < -0.39 is 0 Å². The van der Waals surface area contributed by atoms with E-state index >= 15 is 0 Å². The average Bonchev–Trinajstić information content (AvgIpc) is 2.35. The van der Waals surface area contributed by atoms with Crippen LogP contribution in [0.1, 0.15) is 6.92 Å². The SMILES string of the molecule is C=C(/C=C\C(Cl)=C(/C)O)N1CCNC(CO)C1. The van der Waals surface area contributed by atoms with E-state index in [1.54, 1.807) is 12.2 Å². The molecule has 0 aromatic carbocycles. The first-order valence-corrected chi connectivity index (χ1v) is 5.94. The van der Waals surface area contributed by atoms with Gasteiger partial charge < -0.3 is 20.4 Å². The molecule has 96 valence electrons. The fraction of sp³-hybridized carbons (Fsp3) is 0.500. The van der Waals surface area contributed by atoms with Gasteiger partial charge in [-0.05, 0) is 19.1 Å². The lowest BCUT2D eigenvalue weighted by atomic mass is 10.2. The molecule has 17 heavy (non-hydrogen) atoms. The molecule has 1 heterocycles. The molecule has 3 N–H and O–H groups in total. The normalized spacial score (nSPS) is 22.8. The van der Waals surface area contributed by atoms with Crippen molar-refractivity contribution in [1.29, 1.82) is 0 Å². The van der Waals surface area contributed by atoms with E-state index in [0.29, 0.717) is 5.03 Å². The fourth-order valence-corrected chi connectivity index (χ4v) is 1.67. The van der Waals surface area contributed by atoms with E-state index in [0.717, 1.165) is 25.3 Å². The summed E-state index contributed by atoms with van der Waals surface area (Å²) in [5.74, 6) is 0.0873. The maximum atomic E-state index is 9.13. The van der Waals surface area contributed by atoms with Crippen LogP contribution in [0.3, 0.4) is 0 Å². The van der Waals surface area contributed by atoms with Crippen LogP contribution < -0.4 is 5.32 Å². The Balaban J connectivity index is 2.56. The van der Waals surface area contributed by atoms with Gasteiger partial charge in [0.25, 0.3) is 0 Å². The summed E-state index contributed by atoms with van der Waals surface area (Å²) in [5.41, 5.74) is 0.823. The summed E-state index contributed by atoms with van der Waals surface area (Å²) in [5, 5.41) is 21.7. The summed E-state index contributed by atoms with van der Waals surface area (Å²) < 4.78 is 0. The second-order valence-electron chi connectivity index (χ2n) is 4.04. The number of hydrogen-bond acceptors (Lipinski definition) is 4. The standard InChI is InChI=1S/C12H19ClN2O2/c1-9(3-4-12(13)10(2)17)15-6-5-14-11(7-15)8-16/h3-4,11,14,16-17H,1,5-8H2,2H3/b4-3-,12-10-. The van der Waals surface area contributed by atoms with Gasteiger partial charge in [-0.3, -0.25) is 0 Å². The molecule has 0 saturated carbocycles. The Hall–Kier alpha value is -0.970. The smallest absolute Gasteiger partial charge is 0.108 e. The zero-order valence-electron chi connectivity index (χ0n) is 9.99. The zero-order chi connectivity index (χ0) is 12.8. The number of aliphatic hydroxyl groups is 2. The number of piperazine rings is 1. The van der Waals surface area contributed by atoms with Gasteiger partial charge in [0.05, 0.1) is 11.6 Å². The Morgan fingerprint density at radius 1 is 1.59 bits per heavy atom. The maximum absolute atomic E-state index is 9.13. The van der Waals surface area contributed by atoms with Crippen molar-refractivity contribution in [2.75, 3.05) is 26.2 Å². The minimum Gasteiger partial charge on any atom is -0.511 e. The van der Waals surface area contributed by atoms with Crippen molar-refractivity contribution >= 4 is 11.6 Å². The maximum Gasteiger partial charge on any atom is 0.108 e. The first-order chi connectivity index (χ1) is 8.04. The topological polar surface area (TPSA) is 55.7 Å². The van der Waals surface area contributed by atoms with Crippen molar-refractivity contribution in [1.82, 2.24) is 10.2 Å².